The van der Waals surface area contributed by atoms with Gasteiger partial charge >= 0.3 is 0 Å². The zero-order valence-corrected chi connectivity index (χ0v) is 12.2. The van der Waals surface area contributed by atoms with Crippen molar-refractivity contribution < 1.29 is 9.53 Å². The number of hydrogen-bond donors (Lipinski definition) is 1. The molecule has 1 heterocycles. The molecule has 1 saturated heterocycles. The van der Waals surface area contributed by atoms with Crippen LogP contribution in [0.1, 0.15) is 52.9 Å². The van der Waals surface area contributed by atoms with E-state index in [0.717, 1.165) is 32.1 Å². The quantitative estimate of drug-likeness (QED) is 0.723. The molecule has 0 aromatic rings. The van der Waals surface area contributed by atoms with Gasteiger partial charge in [0.1, 0.15) is 0 Å². The van der Waals surface area contributed by atoms with Crippen LogP contribution in [0.4, 0.5) is 0 Å². The van der Waals surface area contributed by atoms with Gasteiger partial charge in [0, 0.05) is 7.11 Å². The van der Waals surface area contributed by atoms with Crippen molar-refractivity contribution in [2.45, 2.75) is 71.1 Å². The van der Waals surface area contributed by atoms with Crippen LogP contribution in [-0.2, 0) is 9.53 Å². The molecule has 4 heteroatoms. The maximum atomic E-state index is 12.5. The fraction of sp³-hybridized carbons (Fsp3) is 0.929. The molecule has 4 nitrogen and oxygen atoms in total. The van der Waals surface area contributed by atoms with Crippen LogP contribution in [0.5, 0.6) is 0 Å². The molecule has 0 spiro atoms. The van der Waals surface area contributed by atoms with Crippen LogP contribution in [0, 0.1) is 0 Å². The van der Waals surface area contributed by atoms with Crippen LogP contribution < -0.4 is 5.32 Å². The van der Waals surface area contributed by atoms with E-state index >= 15 is 0 Å². The predicted molar refractivity (Wildman–Crippen MR) is 73.3 cm³/mol. The Kier molecular flexibility index (Phi) is 6.65. The third-order valence-electron chi connectivity index (χ3n) is 3.65. The second-order valence-electron chi connectivity index (χ2n) is 5.08. The van der Waals surface area contributed by atoms with Gasteiger partial charge in [-0.15, -0.1) is 0 Å². The lowest BCUT2D eigenvalue weighted by atomic mass is 10.1. The number of carbonyl (C=O) groups is 1. The first-order valence-corrected chi connectivity index (χ1v) is 7.26. The molecule has 1 aliphatic heterocycles. The Labute approximate surface area is 111 Å². The molecule has 1 aliphatic rings. The zero-order chi connectivity index (χ0) is 13.5. The molecular formula is C14H28N2O2. The molecule has 0 radical (unpaired) electrons. The summed E-state index contributed by atoms with van der Waals surface area (Å²) in [6.45, 7) is 7.03. The highest BCUT2D eigenvalue weighted by molar-refractivity contribution is 5.84. The fourth-order valence-corrected chi connectivity index (χ4v) is 2.73. The monoisotopic (exact) mass is 256 g/mol. The van der Waals surface area contributed by atoms with E-state index in [2.05, 4.69) is 26.1 Å². The second kappa shape index (κ2) is 7.74. The summed E-state index contributed by atoms with van der Waals surface area (Å²) >= 11 is 0. The number of hydrogen-bond acceptors (Lipinski definition) is 3. The summed E-state index contributed by atoms with van der Waals surface area (Å²) in [5.74, 6) is 0.263. The number of nitrogens with zero attached hydrogens (tertiary/aromatic N) is 1. The average molecular weight is 256 g/mol. The molecule has 0 bridgehead atoms. The van der Waals surface area contributed by atoms with Crippen LogP contribution >= 0.6 is 0 Å². The van der Waals surface area contributed by atoms with E-state index in [1.54, 1.807) is 7.11 Å². The topological polar surface area (TPSA) is 41.6 Å². The first-order chi connectivity index (χ1) is 8.69. The van der Waals surface area contributed by atoms with Crippen molar-refractivity contribution in [1.29, 1.82) is 0 Å². The fourth-order valence-electron chi connectivity index (χ4n) is 2.73. The summed E-state index contributed by atoms with van der Waals surface area (Å²) in [6, 6.07) is 0.214. The van der Waals surface area contributed by atoms with Gasteiger partial charge in [-0.25, -0.2) is 0 Å². The molecule has 18 heavy (non-hydrogen) atoms. The third-order valence-corrected chi connectivity index (χ3v) is 3.65. The summed E-state index contributed by atoms with van der Waals surface area (Å²) in [6.07, 6.45) is 5.21. The van der Waals surface area contributed by atoms with Gasteiger partial charge in [0.05, 0.1) is 24.9 Å². The summed E-state index contributed by atoms with van der Waals surface area (Å²) in [4.78, 5) is 14.5. The van der Waals surface area contributed by atoms with Crippen LogP contribution in [0.3, 0.4) is 0 Å². The minimum absolute atomic E-state index is 0.0115. The molecule has 3 atom stereocenters. The van der Waals surface area contributed by atoms with Gasteiger partial charge in [0.2, 0.25) is 5.91 Å². The summed E-state index contributed by atoms with van der Waals surface area (Å²) in [7, 11) is 1.70. The number of amides is 1. The Bertz CT molecular complexity index is 258. The molecular weight excluding hydrogens is 228 g/mol. The number of nitrogens with one attached hydrogen (secondary N) is 1. The molecule has 1 N–H and O–H groups in total. The van der Waals surface area contributed by atoms with E-state index in [1.807, 2.05) is 4.90 Å². The molecule has 1 fully saturated rings. The molecule has 3 unspecified atom stereocenters. The van der Waals surface area contributed by atoms with E-state index in [4.69, 9.17) is 4.74 Å². The molecule has 1 amide bonds. The van der Waals surface area contributed by atoms with Gasteiger partial charge in [0.15, 0.2) is 0 Å². The van der Waals surface area contributed by atoms with Crippen molar-refractivity contribution in [2.75, 3.05) is 13.7 Å². The standard InChI is InChI=1S/C14H28N2O2/c1-5-8-12-14(17)16(11(7-3)10-18-4)13(15-12)9-6-2/h11-13,15H,5-10H2,1-4H3. The highest BCUT2D eigenvalue weighted by Crippen LogP contribution is 2.22. The minimum atomic E-state index is 0.0115. The first-order valence-electron chi connectivity index (χ1n) is 7.26. The number of rotatable bonds is 8. The maximum Gasteiger partial charge on any atom is 0.241 e. The molecule has 106 valence electrons. The Hall–Kier alpha value is -0.610. The molecule has 1 rings (SSSR count). The molecule has 0 aliphatic carbocycles. The summed E-state index contributed by atoms with van der Waals surface area (Å²) in [5, 5.41) is 3.49. The second-order valence-corrected chi connectivity index (χ2v) is 5.08. The van der Waals surface area contributed by atoms with Crippen molar-refractivity contribution in [3.8, 4) is 0 Å². The minimum Gasteiger partial charge on any atom is -0.383 e. The summed E-state index contributed by atoms with van der Waals surface area (Å²) < 4.78 is 5.26. The smallest absolute Gasteiger partial charge is 0.241 e. The Morgan fingerprint density at radius 2 is 1.94 bits per heavy atom. The van der Waals surface area contributed by atoms with E-state index in [1.165, 1.54) is 0 Å². The molecule has 0 saturated carbocycles. The van der Waals surface area contributed by atoms with Gasteiger partial charge < -0.3 is 9.64 Å². The van der Waals surface area contributed by atoms with E-state index < -0.39 is 0 Å². The molecule has 0 aromatic heterocycles. The Morgan fingerprint density at radius 3 is 2.44 bits per heavy atom. The van der Waals surface area contributed by atoms with Crippen molar-refractivity contribution in [3.63, 3.8) is 0 Å². The predicted octanol–water partition coefficient (Wildman–Crippen LogP) is 2.14. The third kappa shape index (κ3) is 3.45. The van der Waals surface area contributed by atoms with Gasteiger partial charge in [-0.1, -0.05) is 33.6 Å². The van der Waals surface area contributed by atoms with Gasteiger partial charge in [0.25, 0.3) is 0 Å². The Balaban J connectivity index is 2.78. The lowest BCUT2D eigenvalue weighted by Gasteiger charge is -2.31. The van der Waals surface area contributed by atoms with Crippen LogP contribution in [0.2, 0.25) is 0 Å². The van der Waals surface area contributed by atoms with Gasteiger partial charge in [-0.3, -0.25) is 10.1 Å². The zero-order valence-electron chi connectivity index (χ0n) is 12.2. The van der Waals surface area contributed by atoms with E-state index in [-0.39, 0.29) is 24.2 Å². The van der Waals surface area contributed by atoms with Crippen molar-refractivity contribution in [2.24, 2.45) is 0 Å². The number of ether oxygens (including phenoxy) is 1. The number of methoxy groups -OCH3 is 1. The normalized spacial score (nSPS) is 25.8. The highest BCUT2D eigenvalue weighted by atomic mass is 16.5. The molecule has 0 aromatic carbocycles. The van der Waals surface area contributed by atoms with Crippen LogP contribution in [-0.4, -0.2) is 42.8 Å². The van der Waals surface area contributed by atoms with Crippen molar-refractivity contribution >= 4 is 5.91 Å². The number of carbonyl (C=O) groups excluding carboxylic acids is 1. The Morgan fingerprint density at radius 1 is 1.28 bits per heavy atom. The largest absolute Gasteiger partial charge is 0.383 e. The van der Waals surface area contributed by atoms with Crippen LogP contribution in [0.15, 0.2) is 0 Å². The van der Waals surface area contributed by atoms with E-state index in [0.29, 0.717) is 6.61 Å². The lowest BCUT2D eigenvalue weighted by Crippen LogP contribution is -2.46. The van der Waals surface area contributed by atoms with Crippen molar-refractivity contribution in [1.82, 2.24) is 10.2 Å². The van der Waals surface area contributed by atoms with Crippen molar-refractivity contribution in [3.05, 3.63) is 0 Å². The van der Waals surface area contributed by atoms with Gasteiger partial charge in [-0.05, 0) is 19.3 Å². The SMILES string of the molecule is CCCC1NC(CCC)N(C(CC)COC)C1=O. The average Bonchev–Trinajstić information content (AvgIpc) is 2.65. The van der Waals surface area contributed by atoms with Crippen LogP contribution in [0.25, 0.3) is 0 Å². The first kappa shape index (κ1) is 15.4. The summed E-state index contributed by atoms with van der Waals surface area (Å²) in [5.41, 5.74) is 0. The lowest BCUT2D eigenvalue weighted by molar-refractivity contribution is -0.133. The van der Waals surface area contributed by atoms with Gasteiger partial charge in [-0.2, -0.15) is 0 Å². The highest BCUT2D eigenvalue weighted by Gasteiger charge is 2.40. The van der Waals surface area contributed by atoms with E-state index in [9.17, 15) is 4.79 Å². The maximum absolute atomic E-state index is 12.5.